The molecule has 1 aliphatic heterocycles. The van der Waals surface area contributed by atoms with E-state index in [0.29, 0.717) is 16.7 Å². The highest BCUT2D eigenvalue weighted by Gasteiger charge is 2.19. The maximum atomic E-state index is 12.5. The van der Waals surface area contributed by atoms with E-state index in [2.05, 4.69) is 25.8 Å². The zero-order chi connectivity index (χ0) is 17.9. The molecule has 134 valence electrons. The number of rotatable bonds is 4. The van der Waals surface area contributed by atoms with E-state index >= 15 is 0 Å². The fourth-order valence-electron chi connectivity index (χ4n) is 3.11. The van der Waals surface area contributed by atoms with Gasteiger partial charge in [0.25, 0.3) is 5.91 Å². The van der Waals surface area contributed by atoms with Crippen LogP contribution in [0.1, 0.15) is 39.7 Å². The van der Waals surface area contributed by atoms with Crippen LogP contribution in [-0.4, -0.2) is 34.2 Å². The molecule has 1 aromatic carbocycles. The van der Waals surface area contributed by atoms with Crippen LogP contribution in [0.25, 0.3) is 11.3 Å². The van der Waals surface area contributed by atoms with Gasteiger partial charge in [-0.2, -0.15) is 5.10 Å². The summed E-state index contributed by atoms with van der Waals surface area (Å²) >= 11 is 1.56. The molecule has 3 N–H and O–H groups in total. The number of H-pyrrole nitrogens is 1. The zero-order valence-electron chi connectivity index (χ0n) is 14.6. The van der Waals surface area contributed by atoms with Crippen molar-refractivity contribution in [1.29, 1.82) is 0 Å². The molecule has 0 aliphatic carbocycles. The number of thiazole rings is 1. The van der Waals surface area contributed by atoms with Gasteiger partial charge in [0, 0.05) is 16.6 Å². The van der Waals surface area contributed by atoms with Crippen LogP contribution in [0.5, 0.6) is 0 Å². The van der Waals surface area contributed by atoms with Crippen molar-refractivity contribution in [2.24, 2.45) is 0 Å². The van der Waals surface area contributed by atoms with Crippen molar-refractivity contribution in [3.8, 4) is 11.3 Å². The summed E-state index contributed by atoms with van der Waals surface area (Å²) in [4.78, 5) is 18.1. The summed E-state index contributed by atoms with van der Waals surface area (Å²) in [5.74, 6) is 0.321. The van der Waals surface area contributed by atoms with Gasteiger partial charge in [-0.15, -0.1) is 11.3 Å². The molecule has 1 amide bonds. The summed E-state index contributed by atoms with van der Waals surface area (Å²) < 4.78 is 0. The van der Waals surface area contributed by atoms with Gasteiger partial charge in [-0.1, -0.05) is 29.8 Å². The number of hydrogen-bond acceptors (Lipinski definition) is 5. The van der Waals surface area contributed by atoms with E-state index in [4.69, 9.17) is 0 Å². The summed E-state index contributed by atoms with van der Waals surface area (Å²) in [7, 11) is 0. The van der Waals surface area contributed by atoms with Crippen LogP contribution in [0.4, 0.5) is 5.13 Å². The largest absolute Gasteiger partial charge is 0.317 e. The summed E-state index contributed by atoms with van der Waals surface area (Å²) in [5.41, 5.74) is 3.35. The van der Waals surface area contributed by atoms with Crippen molar-refractivity contribution < 1.29 is 4.79 Å². The molecule has 4 rings (SSSR count). The average molecular weight is 367 g/mol. The van der Waals surface area contributed by atoms with E-state index in [1.165, 1.54) is 10.4 Å². The van der Waals surface area contributed by atoms with E-state index < -0.39 is 0 Å². The zero-order valence-corrected chi connectivity index (χ0v) is 15.4. The molecular weight excluding hydrogens is 346 g/mol. The van der Waals surface area contributed by atoms with Gasteiger partial charge in [-0.05, 0) is 44.8 Å². The van der Waals surface area contributed by atoms with Gasteiger partial charge in [-0.25, -0.2) is 4.98 Å². The summed E-state index contributed by atoms with van der Waals surface area (Å²) in [6, 6.07) is 9.82. The molecule has 2 aromatic heterocycles. The summed E-state index contributed by atoms with van der Waals surface area (Å²) in [6.45, 7) is 4.12. The standard InChI is InChI=1S/C19H21N5OS/c1-12-2-4-13(5-3-12)15-10-16(24-23-15)18(25)22-19-21-11-17(26-19)14-6-8-20-9-7-14/h2-5,10-11,14,20H,6-9H2,1H3,(H,23,24)(H,21,22,25). The van der Waals surface area contributed by atoms with Crippen LogP contribution in [0.3, 0.4) is 0 Å². The number of amides is 1. The van der Waals surface area contributed by atoms with Gasteiger partial charge in [0.05, 0.1) is 5.69 Å². The monoisotopic (exact) mass is 367 g/mol. The second-order valence-electron chi connectivity index (χ2n) is 6.58. The molecule has 1 aliphatic rings. The molecular formula is C19H21N5OS. The van der Waals surface area contributed by atoms with Crippen molar-refractivity contribution in [1.82, 2.24) is 20.5 Å². The lowest BCUT2D eigenvalue weighted by atomic mass is 9.97. The topological polar surface area (TPSA) is 82.7 Å². The lowest BCUT2D eigenvalue weighted by molar-refractivity contribution is 0.102. The summed E-state index contributed by atoms with van der Waals surface area (Å²) in [6.07, 6.45) is 4.13. The van der Waals surface area contributed by atoms with Gasteiger partial charge in [0.2, 0.25) is 0 Å². The second kappa shape index (κ2) is 7.39. The highest BCUT2D eigenvalue weighted by molar-refractivity contribution is 7.15. The van der Waals surface area contributed by atoms with Crippen molar-refractivity contribution in [3.63, 3.8) is 0 Å². The number of carbonyl (C=O) groups is 1. The molecule has 1 saturated heterocycles. The highest BCUT2D eigenvalue weighted by atomic mass is 32.1. The normalized spacial score (nSPS) is 15.1. The number of hydrogen-bond donors (Lipinski definition) is 3. The molecule has 26 heavy (non-hydrogen) atoms. The minimum absolute atomic E-state index is 0.220. The lowest BCUT2D eigenvalue weighted by Gasteiger charge is -2.20. The van der Waals surface area contributed by atoms with Crippen molar-refractivity contribution in [2.75, 3.05) is 18.4 Å². The van der Waals surface area contributed by atoms with Crippen molar-refractivity contribution in [2.45, 2.75) is 25.7 Å². The third kappa shape index (κ3) is 3.68. The molecule has 0 saturated carbocycles. The van der Waals surface area contributed by atoms with E-state index in [0.717, 1.165) is 37.2 Å². The lowest BCUT2D eigenvalue weighted by Crippen LogP contribution is -2.26. The SMILES string of the molecule is Cc1ccc(-c2cc(C(=O)Nc3ncc(C4CCNCC4)s3)[nH]n2)cc1. The first-order chi connectivity index (χ1) is 12.7. The molecule has 6 nitrogen and oxygen atoms in total. The van der Waals surface area contributed by atoms with Gasteiger partial charge in [0.1, 0.15) is 5.69 Å². The summed E-state index contributed by atoms with van der Waals surface area (Å²) in [5, 5.41) is 13.9. The number of nitrogens with zero attached hydrogens (tertiary/aromatic N) is 2. The van der Waals surface area contributed by atoms with E-state index in [9.17, 15) is 4.79 Å². The average Bonchev–Trinajstić information content (AvgIpc) is 3.33. The van der Waals surface area contributed by atoms with Crippen LogP contribution in [-0.2, 0) is 0 Å². The Balaban J connectivity index is 1.44. The number of aryl methyl sites for hydroxylation is 1. The number of aromatic amines is 1. The van der Waals surface area contributed by atoms with Crippen LogP contribution in [0.2, 0.25) is 0 Å². The number of carbonyl (C=O) groups excluding carboxylic acids is 1. The van der Waals surface area contributed by atoms with Crippen LogP contribution in [0.15, 0.2) is 36.5 Å². The van der Waals surface area contributed by atoms with Crippen LogP contribution in [0, 0.1) is 6.92 Å². The molecule has 3 heterocycles. The number of anilines is 1. The first kappa shape index (κ1) is 16.9. The molecule has 0 atom stereocenters. The Morgan fingerprint density at radius 3 is 2.77 bits per heavy atom. The van der Waals surface area contributed by atoms with Crippen molar-refractivity contribution >= 4 is 22.4 Å². The maximum Gasteiger partial charge on any atom is 0.275 e. The third-order valence-corrected chi connectivity index (χ3v) is 5.73. The quantitative estimate of drug-likeness (QED) is 0.658. The predicted octanol–water partition coefficient (Wildman–Crippen LogP) is 3.56. The van der Waals surface area contributed by atoms with Crippen molar-refractivity contribution in [3.05, 3.63) is 52.7 Å². The minimum Gasteiger partial charge on any atom is -0.317 e. The number of nitrogens with one attached hydrogen (secondary N) is 3. The van der Waals surface area contributed by atoms with E-state index in [1.807, 2.05) is 37.4 Å². The number of aromatic nitrogens is 3. The van der Waals surface area contributed by atoms with Crippen LogP contribution >= 0.6 is 11.3 Å². The molecule has 3 aromatic rings. The highest BCUT2D eigenvalue weighted by Crippen LogP contribution is 2.31. The van der Waals surface area contributed by atoms with E-state index in [1.54, 1.807) is 17.4 Å². The Bertz CT molecular complexity index is 893. The Morgan fingerprint density at radius 1 is 1.23 bits per heavy atom. The molecule has 1 fully saturated rings. The molecule has 0 bridgehead atoms. The van der Waals surface area contributed by atoms with E-state index in [-0.39, 0.29) is 5.91 Å². The molecule has 0 spiro atoms. The first-order valence-electron chi connectivity index (χ1n) is 8.79. The molecule has 0 radical (unpaired) electrons. The fourth-order valence-corrected chi connectivity index (χ4v) is 4.09. The predicted molar refractivity (Wildman–Crippen MR) is 104 cm³/mol. The minimum atomic E-state index is -0.220. The Kier molecular flexibility index (Phi) is 4.81. The number of benzene rings is 1. The van der Waals surface area contributed by atoms with Gasteiger partial charge in [-0.3, -0.25) is 15.2 Å². The smallest absolute Gasteiger partial charge is 0.275 e. The van der Waals surface area contributed by atoms with Crippen LogP contribution < -0.4 is 10.6 Å². The Labute approximate surface area is 156 Å². The number of piperidine rings is 1. The fraction of sp³-hybridized carbons (Fsp3) is 0.316. The third-order valence-electron chi connectivity index (χ3n) is 4.66. The van der Waals surface area contributed by atoms with Gasteiger partial charge >= 0.3 is 0 Å². The maximum absolute atomic E-state index is 12.5. The Morgan fingerprint density at radius 2 is 2.00 bits per heavy atom. The molecule has 7 heteroatoms. The van der Waals surface area contributed by atoms with Gasteiger partial charge < -0.3 is 5.32 Å². The second-order valence-corrected chi connectivity index (χ2v) is 7.64. The molecule has 0 unspecified atom stereocenters. The van der Waals surface area contributed by atoms with Gasteiger partial charge in [0.15, 0.2) is 5.13 Å². The Hall–Kier alpha value is -2.51. The first-order valence-corrected chi connectivity index (χ1v) is 9.61.